The zero-order valence-corrected chi connectivity index (χ0v) is 27.1. The molecule has 3 atom stereocenters. The molecule has 13 heteroatoms. The summed E-state index contributed by atoms with van der Waals surface area (Å²) in [4.78, 5) is 41.5. The molecule has 6 aromatic rings. The molecule has 2 saturated carbocycles. The summed E-state index contributed by atoms with van der Waals surface area (Å²) < 4.78 is 9.59. The average molecular weight is 643 g/mol. The first kappa shape index (κ1) is 30.3. The van der Waals surface area contributed by atoms with Crippen LogP contribution in [0.4, 0.5) is 0 Å². The number of hydrogen-bond donors (Lipinski definition) is 2. The standard InChI is InChI=1S/C36H32B3N7O3/c1-49-30-15-22(35(48)45-17-21-6-9-27(45)31(21)40)13-26-32(30)46(36(37,38)39)34(43-26)28-14-20-5-8-24(42-33(20)44(28)16-18-2-3-18)19-4-7-23-25(12-19)41-11-10-29(23)47/h4-5,7-8,10-15,18,21,27,31H,2-3,6,9,16-17,40H2,1H3,(H,41,47)/t21?,27?,31-/m1/s1. The Labute approximate surface area is 286 Å². The molecule has 2 aliphatic carbocycles. The van der Waals surface area contributed by atoms with Crippen LogP contribution < -0.4 is 15.9 Å². The summed E-state index contributed by atoms with van der Waals surface area (Å²) in [6.45, 7) is 1.37. The molecule has 2 bridgehead atoms. The summed E-state index contributed by atoms with van der Waals surface area (Å²) in [5, 5.41) is -0.325. The Morgan fingerprint density at radius 2 is 1.88 bits per heavy atom. The van der Waals surface area contributed by atoms with Crippen molar-refractivity contribution >= 4 is 62.4 Å². The van der Waals surface area contributed by atoms with Crippen LogP contribution in [-0.2, 0) is 11.8 Å². The van der Waals surface area contributed by atoms with Crippen molar-refractivity contribution in [3.8, 4) is 28.5 Å². The van der Waals surface area contributed by atoms with Gasteiger partial charge < -0.3 is 29.5 Å². The predicted molar refractivity (Wildman–Crippen MR) is 192 cm³/mol. The number of ether oxygens (including phenoxy) is 1. The summed E-state index contributed by atoms with van der Waals surface area (Å²) in [6, 6.07) is 16.7. The first-order chi connectivity index (χ1) is 23.6. The number of aromatic amines is 1. The molecule has 1 aliphatic heterocycles. The number of pyridine rings is 2. The van der Waals surface area contributed by atoms with Gasteiger partial charge in [-0.05, 0) is 80.0 Å². The largest absolute Gasteiger partial charge is 0.494 e. The van der Waals surface area contributed by atoms with Gasteiger partial charge >= 0.3 is 0 Å². The molecule has 1 saturated heterocycles. The van der Waals surface area contributed by atoms with E-state index in [2.05, 4.69) is 9.55 Å². The maximum Gasteiger partial charge on any atom is 0.254 e. The van der Waals surface area contributed by atoms with Gasteiger partial charge in [0.05, 0.1) is 47.6 Å². The van der Waals surface area contributed by atoms with E-state index < -0.39 is 5.24 Å². The Kier molecular flexibility index (Phi) is 6.72. The molecule has 9 rings (SSSR count). The number of amides is 1. The fourth-order valence-corrected chi connectivity index (χ4v) is 8.00. The molecule has 49 heavy (non-hydrogen) atoms. The molecule has 0 spiro atoms. The van der Waals surface area contributed by atoms with Crippen LogP contribution in [0.3, 0.4) is 0 Å². The van der Waals surface area contributed by atoms with Crippen molar-refractivity contribution in [1.82, 2.24) is 29.0 Å². The molecule has 1 amide bonds. The van der Waals surface area contributed by atoms with Crippen molar-refractivity contribution in [3.05, 3.63) is 76.6 Å². The van der Waals surface area contributed by atoms with Gasteiger partial charge in [-0.25, -0.2) is 9.97 Å². The van der Waals surface area contributed by atoms with E-state index >= 15 is 0 Å². The van der Waals surface area contributed by atoms with E-state index in [0.717, 1.165) is 65.7 Å². The molecule has 3 fully saturated rings. The number of likely N-dealkylation sites (tertiary alicyclic amines) is 1. The first-order valence-corrected chi connectivity index (χ1v) is 16.8. The van der Waals surface area contributed by atoms with Crippen LogP contribution in [-0.4, -0.2) is 84.2 Å². The lowest BCUT2D eigenvalue weighted by Crippen LogP contribution is -2.41. The highest BCUT2D eigenvalue weighted by atomic mass is 16.5. The van der Waals surface area contributed by atoms with Crippen LogP contribution in [0, 0.1) is 11.8 Å². The van der Waals surface area contributed by atoms with Crippen LogP contribution in [0.1, 0.15) is 36.0 Å². The fourth-order valence-electron chi connectivity index (χ4n) is 8.00. The number of nitrogens with two attached hydrogens (primary N) is 1. The molecule has 5 heterocycles. The number of rotatable bonds is 7. The SMILES string of the molecule is [B]C([B])([B])n1c(-c2cc3ccc(-c4ccc5c(=O)cc[nH]c5c4)nc3n2CC2CC2)nc2cc(C(=O)N3CC4CCC3[C@@H]4N)cc(OC)c21. The number of piperidine rings is 1. The van der Waals surface area contributed by atoms with Gasteiger partial charge in [-0.2, -0.15) is 0 Å². The molecule has 10 nitrogen and oxygen atoms in total. The topological polar surface area (TPSA) is 124 Å². The van der Waals surface area contributed by atoms with E-state index in [1.165, 1.54) is 13.2 Å². The fraction of sp³-hybridized carbons (Fsp3) is 0.333. The van der Waals surface area contributed by atoms with Crippen LogP contribution >= 0.6 is 0 Å². The first-order valence-electron chi connectivity index (χ1n) is 16.8. The van der Waals surface area contributed by atoms with Gasteiger partial charge in [0, 0.05) is 64.9 Å². The summed E-state index contributed by atoms with van der Waals surface area (Å²) >= 11 is 0. The van der Waals surface area contributed by atoms with Crippen molar-refractivity contribution in [2.75, 3.05) is 13.7 Å². The third-order valence-electron chi connectivity index (χ3n) is 10.7. The number of nitrogens with one attached hydrogen (secondary N) is 1. The molecule has 4 aromatic heterocycles. The number of aromatic nitrogens is 5. The zero-order chi connectivity index (χ0) is 33.8. The summed E-state index contributed by atoms with van der Waals surface area (Å²) in [5.41, 5.74) is 11.7. The van der Waals surface area contributed by atoms with Crippen LogP contribution in [0.25, 0.3) is 55.7 Å². The van der Waals surface area contributed by atoms with E-state index in [4.69, 9.17) is 44.0 Å². The van der Waals surface area contributed by atoms with Crippen LogP contribution in [0.15, 0.2) is 65.6 Å². The highest BCUT2D eigenvalue weighted by Gasteiger charge is 2.47. The maximum atomic E-state index is 13.9. The Bertz CT molecular complexity index is 2390. The van der Waals surface area contributed by atoms with Gasteiger partial charge in [-0.1, -0.05) is 11.3 Å². The van der Waals surface area contributed by atoms with Crippen molar-refractivity contribution in [2.24, 2.45) is 17.6 Å². The van der Waals surface area contributed by atoms with Crippen LogP contribution in [0.2, 0.25) is 0 Å². The average Bonchev–Trinajstić information content (AvgIpc) is 3.41. The minimum absolute atomic E-state index is 0.000466. The third-order valence-corrected chi connectivity index (χ3v) is 10.7. The number of hydrogen-bond acceptors (Lipinski definition) is 6. The van der Waals surface area contributed by atoms with Gasteiger partial charge in [-0.3, -0.25) is 9.59 Å². The van der Waals surface area contributed by atoms with E-state index in [1.807, 2.05) is 41.3 Å². The smallest absolute Gasteiger partial charge is 0.254 e. The second-order valence-corrected chi connectivity index (χ2v) is 13.9. The van der Waals surface area contributed by atoms with Gasteiger partial charge in [0.15, 0.2) is 11.3 Å². The molecule has 2 aromatic carbocycles. The minimum atomic E-state index is -1.86. The minimum Gasteiger partial charge on any atom is -0.494 e. The number of fused-ring (bicyclic) bond motifs is 5. The molecular formula is C36H32B3N7O3. The predicted octanol–water partition coefficient (Wildman–Crippen LogP) is 3.62. The number of carbonyl (C=O) groups is 1. The molecule has 238 valence electrons. The monoisotopic (exact) mass is 643 g/mol. The summed E-state index contributed by atoms with van der Waals surface area (Å²) in [5.74, 6) is 1.54. The number of nitrogens with zero attached hydrogens (tertiary/aromatic N) is 5. The lowest BCUT2D eigenvalue weighted by atomic mass is 9.49. The second-order valence-electron chi connectivity index (χ2n) is 13.9. The Morgan fingerprint density at radius 1 is 1.04 bits per heavy atom. The van der Waals surface area contributed by atoms with Crippen LogP contribution in [0.5, 0.6) is 5.75 Å². The Morgan fingerprint density at radius 3 is 2.59 bits per heavy atom. The van der Waals surface area contributed by atoms with Crippen molar-refractivity contribution in [1.29, 1.82) is 0 Å². The molecule has 6 radical (unpaired) electrons. The molecule has 2 unspecified atom stereocenters. The third kappa shape index (κ3) is 4.84. The highest BCUT2D eigenvalue weighted by molar-refractivity contribution is 6.57. The number of carbonyl (C=O) groups excluding carboxylic acids is 1. The lowest BCUT2D eigenvalue weighted by Gasteiger charge is -2.28. The zero-order valence-electron chi connectivity index (χ0n) is 27.1. The van der Waals surface area contributed by atoms with Gasteiger partial charge in [0.25, 0.3) is 5.91 Å². The molecule has 3 aliphatic rings. The number of benzene rings is 2. The summed E-state index contributed by atoms with van der Waals surface area (Å²) in [7, 11) is 21.0. The van der Waals surface area contributed by atoms with Gasteiger partial charge in [-0.15, -0.1) is 0 Å². The normalized spacial score (nSPS) is 20.6. The molecular weight excluding hydrogens is 611 g/mol. The van der Waals surface area contributed by atoms with Gasteiger partial charge in [0.1, 0.15) is 16.9 Å². The second kappa shape index (κ2) is 10.9. The highest BCUT2D eigenvalue weighted by Crippen LogP contribution is 2.41. The maximum absolute atomic E-state index is 13.9. The number of imidazole rings is 1. The Balaban J connectivity index is 1.21. The van der Waals surface area contributed by atoms with E-state index in [1.54, 1.807) is 22.9 Å². The van der Waals surface area contributed by atoms with E-state index in [9.17, 15) is 9.59 Å². The van der Waals surface area contributed by atoms with Crippen molar-refractivity contribution in [3.63, 3.8) is 0 Å². The van der Waals surface area contributed by atoms with Gasteiger partial charge in [0.2, 0.25) is 0 Å². The van der Waals surface area contributed by atoms with E-state index in [0.29, 0.717) is 51.9 Å². The van der Waals surface area contributed by atoms with Crippen molar-refractivity contribution in [2.45, 2.75) is 49.5 Å². The summed E-state index contributed by atoms with van der Waals surface area (Å²) in [6.07, 6.45) is 5.83. The quantitative estimate of drug-likeness (QED) is 0.257. The number of methoxy groups -OCH3 is 1. The number of H-pyrrole nitrogens is 1. The van der Waals surface area contributed by atoms with E-state index in [-0.39, 0.29) is 23.4 Å². The molecule has 3 N–H and O–H groups in total. The van der Waals surface area contributed by atoms with Crippen molar-refractivity contribution < 1.29 is 9.53 Å². The lowest BCUT2D eigenvalue weighted by molar-refractivity contribution is 0.0700. The Hall–Kier alpha value is -4.77.